The number of carbonyl (C=O) groups excluding carboxylic acids is 3. The van der Waals surface area contributed by atoms with Gasteiger partial charge >= 0.3 is 17.9 Å². The maximum Gasteiger partial charge on any atom is 0.317 e. The van der Waals surface area contributed by atoms with Crippen molar-refractivity contribution in [1.29, 1.82) is 0 Å². The third-order valence-corrected chi connectivity index (χ3v) is 3.07. The average molecular weight is 316 g/mol. The van der Waals surface area contributed by atoms with E-state index < -0.39 is 18.4 Å². The molecule has 0 N–H and O–H groups in total. The highest BCUT2D eigenvalue weighted by Gasteiger charge is 2.41. The summed E-state index contributed by atoms with van der Waals surface area (Å²) in [6.07, 6.45) is -0.447. The molecule has 0 aromatic carbocycles. The number of esters is 3. The van der Waals surface area contributed by atoms with Gasteiger partial charge in [-0.25, -0.2) is 0 Å². The fourth-order valence-electron chi connectivity index (χ4n) is 2.63. The summed E-state index contributed by atoms with van der Waals surface area (Å²) in [5, 5.41) is 0. The number of hydrogen-bond acceptors (Lipinski definition) is 6. The van der Waals surface area contributed by atoms with Gasteiger partial charge in [0.15, 0.2) is 0 Å². The maximum atomic E-state index is 12.3. The van der Waals surface area contributed by atoms with Crippen molar-refractivity contribution >= 4 is 17.9 Å². The lowest BCUT2D eigenvalue weighted by molar-refractivity contribution is -0.164. The van der Waals surface area contributed by atoms with E-state index >= 15 is 0 Å². The molecule has 0 saturated carbocycles. The Balaban J connectivity index is 4.33. The molecule has 0 bridgehead atoms. The molecule has 0 rings (SSSR count). The van der Waals surface area contributed by atoms with E-state index in [-0.39, 0.29) is 35.9 Å². The summed E-state index contributed by atoms with van der Waals surface area (Å²) in [5.74, 6) is -1.97. The van der Waals surface area contributed by atoms with E-state index in [1.54, 1.807) is 0 Å². The van der Waals surface area contributed by atoms with Gasteiger partial charge in [0.1, 0.15) is 19.6 Å². The molecule has 0 radical (unpaired) electrons. The molecule has 22 heavy (non-hydrogen) atoms. The van der Waals surface area contributed by atoms with Crippen molar-refractivity contribution in [3.05, 3.63) is 0 Å². The first-order chi connectivity index (χ1) is 9.89. The van der Waals surface area contributed by atoms with Crippen molar-refractivity contribution in [2.24, 2.45) is 16.7 Å². The molecule has 0 fully saturated rings. The molecule has 128 valence electrons. The number of methoxy groups -OCH3 is 1. The Hall–Kier alpha value is -1.59. The normalized spacial score (nSPS) is 12.0. The molecule has 0 aromatic rings. The minimum Gasteiger partial charge on any atom is -0.469 e. The predicted octanol–water partition coefficient (Wildman–Crippen LogP) is 2.34. The van der Waals surface area contributed by atoms with Gasteiger partial charge in [-0.05, 0) is 10.8 Å². The monoisotopic (exact) mass is 316 g/mol. The molecule has 0 aliphatic carbocycles. The molecule has 0 atom stereocenters. The topological polar surface area (TPSA) is 78.9 Å². The molecule has 0 amide bonds. The molecule has 0 saturated heterocycles. The number of carbonyl (C=O) groups is 3. The highest BCUT2D eigenvalue weighted by molar-refractivity contribution is 5.91. The summed E-state index contributed by atoms with van der Waals surface area (Å²) < 4.78 is 14.4. The Morgan fingerprint density at radius 3 is 1.68 bits per heavy atom. The third kappa shape index (κ3) is 7.43. The minimum atomic E-state index is -0.703. The van der Waals surface area contributed by atoms with Crippen molar-refractivity contribution in [2.45, 2.75) is 48.0 Å². The molecular formula is C16H28O6. The maximum absolute atomic E-state index is 12.3. The van der Waals surface area contributed by atoms with Gasteiger partial charge in [-0.1, -0.05) is 41.5 Å². The predicted molar refractivity (Wildman–Crippen MR) is 81.0 cm³/mol. The third-order valence-electron chi connectivity index (χ3n) is 3.07. The summed E-state index contributed by atoms with van der Waals surface area (Å²) in [5.41, 5.74) is -0.478. The second kappa shape index (κ2) is 8.15. The van der Waals surface area contributed by atoms with Gasteiger partial charge in [0.05, 0.1) is 13.0 Å². The first-order valence-electron chi connectivity index (χ1n) is 7.28. The Morgan fingerprint density at radius 2 is 1.27 bits per heavy atom. The smallest absolute Gasteiger partial charge is 0.317 e. The van der Waals surface area contributed by atoms with Crippen LogP contribution in [0.25, 0.3) is 0 Å². The number of hydrogen-bond donors (Lipinski definition) is 0. The SMILES string of the molecule is COC(=O)CC(=O)OCCOC(=O)C(C(C)(C)C)C(C)(C)C. The van der Waals surface area contributed by atoms with Crippen molar-refractivity contribution < 1.29 is 28.6 Å². The van der Waals surface area contributed by atoms with Crippen molar-refractivity contribution in [1.82, 2.24) is 0 Å². The molecule has 6 nitrogen and oxygen atoms in total. The number of rotatable bonds is 6. The van der Waals surface area contributed by atoms with E-state index in [0.29, 0.717) is 0 Å². The molecule has 6 heteroatoms. The van der Waals surface area contributed by atoms with Crippen LogP contribution < -0.4 is 0 Å². The minimum absolute atomic E-state index is 0.0333. The fourth-order valence-corrected chi connectivity index (χ4v) is 2.63. The highest BCUT2D eigenvalue weighted by Crippen LogP contribution is 2.40. The first-order valence-corrected chi connectivity index (χ1v) is 7.28. The first kappa shape index (κ1) is 20.4. The quantitative estimate of drug-likeness (QED) is 0.324. The largest absolute Gasteiger partial charge is 0.469 e. The summed E-state index contributed by atoms with van der Waals surface area (Å²) in [6, 6.07) is 0. The molecule has 0 aliphatic heterocycles. The molecule has 0 aliphatic rings. The van der Waals surface area contributed by atoms with Crippen LogP contribution in [0.5, 0.6) is 0 Å². The van der Waals surface area contributed by atoms with Gasteiger partial charge in [0, 0.05) is 0 Å². The second-order valence-electron chi connectivity index (χ2n) is 7.31. The van der Waals surface area contributed by atoms with E-state index in [0.717, 1.165) is 0 Å². The zero-order chi connectivity index (χ0) is 17.6. The summed E-state index contributed by atoms with van der Waals surface area (Å²) in [6.45, 7) is 11.8. The fraction of sp³-hybridized carbons (Fsp3) is 0.812. The Kier molecular flexibility index (Phi) is 7.56. The second-order valence-corrected chi connectivity index (χ2v) is 7.31. The van der Waals surface area contributed by atoms with Crippen molar-refractivity contribution in [2.75, 3.05) is 20.3 Å². The van der Waals surface area contributed by atoms with Gasteiger partial charge < -0.3 is 14.2 Å². The number of ether oxygens (including phenoxy) is 3. The Labute approximate surface area is 132 Å². The van der Waals surface area contributed by atoms with Gasteiger partial charge in [-0.2, -0.15) is 0 Å². The van der Waals surface area contributed by atoms with Crippen molar-refractivity contribution in [3.8, 4) is 0 Å². The van der Waals surface area contributed by atoms with Gasteiger partial charge in [-0.3, -0.25) is 14.4 Å². The van der Waals surface area contributed by atoms with Crippen LogP contribution in [-0.2, 0) is 28.6 Å². The zero-order valence-electron chi connectivity index (χ0n) is 14.6. The van der Waals surface area contributed by atoms with Crippen molar-refractivity contribution in [3.63, 3.8) is 0 Å². The van der Waals surface area contributed by atoms with Crippen LogP contribution in [0.3, 0.4) is 0 Å². The van der Waals surface area contributed by atoms with Crippen LogP contribution in [0.4, 0.5) is 0 Å². The van der Waals surface area contributed by atoms with Crippen LogP contribution in [-0.4, -0.2) is 38.2 Å². The Morgan fingerprint density at radius 1 is 0.818 bits per heavy atom. The molecule has 0 spiro atoms. The zero-order valence-corrected chi connectivity index (χ0v) is 14.6. The molecular weight excluding hydrogens is 288 g/mol. The standard InChI is InChI=1S/C16H28O6/c1-15(2,3)13(16(4,5)6)14(19)22-9-8-21-12(18)10-11(17)20-7/h13H,8-10H2,1-7H3. The lowest BCUT2D eigenvalue weighted by atomic mass is 9.67. The summed E-state index contributed by atoms with van der Waals surface area (Å²) in [7, 11) is 1.19. The Bertz CT molecular complexity index is 386. The van der Waals surface area contributed by atoms with E-state index in [2.05, 4.69) is 4.74 Å². The van der Waals surface area contributed by atoms with Gasteiger partial charge in [-0.15, -0.1) is 0 Å². The lowest BCUT2D eigenvalue weighted by Gasteiger charge is -2.38. The highest BCUT2D eigenvalue weighted by atomic mass is 16.6. The molecule has 0 aromatic heterocycles. The summed E-state index contributed by atoms with van der Waals surface area (Å²) in [4.78, 5) is 34.4. The summed E-state index contributed by atoms with van der Waals surface area (Å²) >= 11 is 0. The molecule has 0 heterocycles. The van der Waals surface area contributed by atoms with Crippen LogP contribution in [0.15, 0.2) is 0 Å². The molecule has 0 unspecified atom stereocenters. The van der Waals surface area contributed by atoms with Gasteiger partial charge in [0.2, 0.25) is 0 Å². The van der Waals surface area contributed by atoms with E-state index in [9.17, 15) is 14.4 Å². The van der Waals surface area contributed by atoms with Crippen LogP contribution in [0.1, 0.15) is 48.0 Å². The lowest BCUT2D eigenvalue weighted by Crippen LogP contribution is -2.40. The van der Waals surface area contributed by atoms with E-state index in [1.807, 2.05) is 41.5 Å². The van der Waals surface area contributed by atoms with Gasteiger partial charge in [0.25, 0.3) is 0 Å². The average Bonchev–Trinajstić information content (AvgIpc) is 2.30. The van der Waals surface area contributed by atoms with E-state index in [4.69, 9.17) is 9.47 Å². The van der Waals surface area contributed by atoms with Crippen LogP contribution >= 0.6 is 0 Å². The van der Waals surface area contributed by atoms with E-state index in [1.165, 1.54) is 7.11 Å². The van der Waals surface area contributed by atoms with Crippen LogP contribution in [0, 0.1) is 16.7 Å². The van der Waals surface area contributed by atoms with Crippen LogP contribution in [0.2, 0.25) is 0 Å².